The van der Waals surface area contributed by atoms with Gasteiger partial charge in [-0.1, -0.05) is 35.6 Å². The van der Waals surface area contributed by atoms with Crippen molar-refractivity contribution in [3.63, 3.8) is 0 Å². The third kappa shape index (κ3) is 3.32. The second-order valence-corrected chi connectivity index (χ2v) is 9.39. The van der Waals surface area contributed by atoms with Crippen LogP contribution in [0.15, 0.2) is 59.4 Å². The topological polar surface area (TPSA) is 74.9 Å². The summed E-state index contributed by atoms with van der Waals surface area (Å²) in [6.07, 6.45) is 0. The number of aromatic nitrogens is 1. The van der Waals surface area contributed by atoms with Crippen molar-refractivity contribution < 1.29 is 4.79 Å². The number of benzene rings is 3. The lowest BCUT2D eigenvalue weighted by atomic mass is 10.0. The van der Waals surface area contributed by atoms with Crippen LogP contribution in [0.2, 0.25) is 0 Å². The Balaban J connectivity index is 1.78. The number of nitriles is 1. The molecule has 0 fully saturated rings. The minimum Gasteiger partial charge on any atom is -0.323 e. The van der Waals surface area contributed by atoms with Crippen LogP contribution in [0.3, 0.4) is 0 Å². The zero-order valence-electron chi connectivity index (χ0n) is 15.7. The fourth-order valence-corrected chi connectivity index (χ4v) is 5.16. The first kappa shape index (κ1) is 19.6. The van der Waals surface area contributed by atoms with Gasteiger partial charge in [0.25, 0.3) is 0 Å². The molecule has 0 unspecified atom stereocenters. The predicted molar refractivity (Wildman–Crippen MR) is 125 cm³/mol. The standard InChI is InChI=1S/C22H16IN3O2S/c1-22(2,26-18-10-8-14(23)11-19(18)29-21(26)28)20(27)25-17-9-7-13(12-24)15-5-3-4-6-16(15)17/h3-11H,1-2H3,(H,25,27). The fraction of sp³-hybridized carbons (Fsp3) is 0.136. The van der Waals surface area contributed by atoms with E-state index in [9.17, 15) is 14.9 Å². The summed E-state index contributed by atoms with van der Waals surface area (Å²) in [6.45, 7) is 3.47. The number of halogens is 1. The maximum absolute atomic E-state index is 13.3. The molecule has 1 amide bonds. The molecule has 0 aliphatic rings. The molecular weight excluding hydrogens is 497 g/mol. The summed E-state index contributed by atoms with van der Waals surface area (Å²) >= 11 is 3.34. The quantitative estimate of drug-likeness (QED) is 0.389. The minimum absolute atomic E-state index is 0.174. The summed E-state index contributed by atoms with van der Waals surface area (Å²) < 4.78 is 3.44. The number of hydrogen-bond acceptors (Lipinski definition) is 4. The number of nitrogens with one attached hydrogen (secondary N) is 1. The third-order valence-electron chi connectivity index (χ3n) is 4.95. The number of rotatable bonds is 3. The summed E-state index contributed by atoms with van der Waals surface area (Å²) in [5, 5.41) is 13.9. The Morgan fingerprint density at radius 2 is 1.86 bits per heavy atom. The summed E-state index contributed by atoms with van der Waals surface area (Å²) in [5.41, 5.74) is 0.800. The normalized spacial score (nSPS) is 11.5. The van der Waals surface area contributed by atoms with Gasteiger partial charge in [-0.3, -0.25) is 14.2 Å². The molecule has 0 aliphatic carbocycles. The van der Waals surface area contributed by atoms with Gasteiger partial charge in [0.05, 0.1) is 21.8 Å². The van der Waals surface area contributed by atoms with Crippen LogP contribution in [-0.4, -0.2) is 10.5 Å². The maximum atomic E-state index is 13.3. The fourth-order valence-electron chi connectivity index (χ4n) is 3.40. The molecule has 7 heteroatoms. The van der Waals surface area contributed by atoms with E-state index in [1.165, 1.54) is 0 Å². The van der Waals surface area contributed by atoms with Crippen molar-refractivity contribution >= 4 is 66.5 Å². The molecule has 1 heterocycles. The van der Waals surface area contributed by atoms with Crippen LogP contribution >= 0.6 is 33.9 Å². The lowest BCUT2D eigenvalue weighted by Crippen LogP contribution is -2.44. The molecule has 1 aromatic heterocycles. The third-order valence-corrected chi connectivity index (χ3v) is 6.53. The van der Waals surface area contributed by atoms with Crippen molar-refractivity contribution in [3.05, 3.63) is 73.4 Å². The Hall–Kier alpha value is -2.70. The average molecular weight is 513 g/mol. The van der Waals surface area contributed by atoms with E-state index >= 15 is 0 Å². The highest BCUT2D eigenvalue weighted by Crippen LogP contribution is 2.30. The highest BCUT2D eigenvalue weighted by atomic mass is 127. The van der Waals surface area contributed by atoms with Crippen molar-refractivity contribution in [1.82, 2.24) is 4.57 Å². The van der Waals surface area contributed by atoms with E-state index in [-0.39, 0.29) is 10.8 Å². The van der Waals surface area contributed by atoms with E-state index in [2.05, 4.69) is 34.0 Å². The van der Waals surface area contributed by atoms with E-state index in [4.69, 9.17) is 0 Å². The molecule has 0 radical (unpaired) electrons. The smallest absolute Gasteiger partial charge is 0.309 e. The van der Waals surface area contributed by atoms with Gasteiger partial charge in [-0.25, -0.2) is 0 Å². The van der Waals surface area contributed by atoms with E-state index in [1.54, 1.807) is 30.5 Å². The number of anilines is 1. The zero-order valence-corrected chi connectivity index (χ0v) is 18.7. The van der Waals surface area contributed by atoms with Crippen molar-refractivity contribution in [2.45, 2.75) is 19.4 Å². The molecule has 0 aliphatic heterocycles. The molecule has 144 valence electrons. The van der Waals surface area contributed by atoms with Gasteiger partial charge in [0.15, 0.2) is 0 Å². The van der Waals surface area contributed by atoms with Gasteiger partial charge in [-0.05, 0) is 66.8 Å². The molecule has 4 rings (SSSR count). The highest BCUT2D eigenvalue weighted by molar-refractivity contribution is 14.1. The van der Waals surface area contributed by atoms with Crippen LogP contribution in [0, 0.1) is 14.9 Å². The van der Waals surface area contributed by atoms with Gasteiger partial charge in [-0.15, -0.1) is 0 Å². The first-order chi connectivity index (χ1) is 13.8. The largest absolute Gasteiger partial charge is 0.323 e. The molecule has 0 spiro atoms. The summed E-state index contributed by atoms with van der Waals surface area (Å²) in [4.78, 5) is 25.8. The Morgan fingerprint density at radius 3 is 2.59 bits per heavy atom. The van der Waals surface area contributed by atoms with Crippen LogP contribution in [0.25, 0.3) is 21.0 Å². The van der Waals surface area contributed by atoms with Crippen LogP contribution < -0.4 is 10.2 Å². The summed E-state index contributed by atoms with van der Waals surface area (Å²) in [5.74, 6) is -0.298. The first-order valence-corrected chi connectivity index (χ1v) is 10.8. The molecule has 4 aromatic rings. The molecule has 29 heavy (non-hydrogen) atoms. The van der Waals surface area contributed by atoms with Crippen LogP contribution in [0.4, 0.5) is 5.69 Å². The monoisotopic (exact) mass is 513 g/mol. The van der Waals surface area contributed by atoms with Gasteiger partial charge in [-0.2, -0.15) is 5.26 Å². The van der Waals surface area contributed by atoms with Crippen molar-refractivity contribution in [1.29, 1.82) is 5.26 Å². The molecule has 1 N–H and O–H groups in total. The van der Waals surface area contributed by atoms with E-state index < -0.39 is 5.54 Å². The Labute approximate surface area is 184 Å². The van der Waals surface area contributed by atoms with E-state index in [0.717, 1.165) is 35.9 Å². The SMILES string of the molecule is CC(C)(C(=O)Nc1ccc(C#N)c2ccccc12)n1c(=O)sc2cc(I)ccc21. The molecule has 0 saturated heterocycles. The Bertz CT molecular complexity index is 1380. The maximum Gasteiger partial charge on any atom is 0.309 e. The molecule has 0 saturated carbocycles. The van der Waals surface area contributed by atoms with E-state index in [0.29, 0.717) is 11.3 Å². The van der Waals surface area contributed by atoms with Crippen molar-refractivity contribution in [2.75, 3.05) is 5.32 Å². The molecule has 0 atom stereocenters. The van der Waals surface area contributed by atoms with Crippen molar-refractivity contribution in [3.8, 4) is 6.07 Å². The number of amides is 1. The molecule has 0 bridgehead atoms. The predicted octanol–water partition coefficient (Wildman–Crippen LogP) is 5.07. The van der Waals surface area contributed by atoms with Gasteiger partial charge >= 0.3 is 4.87 Å². The molecular formula is C22H16IN3O2S. The van der Waals surface area contributed by atoms with Gasteiger partial charge in [0.1, 0.15) is 5.54 Å². The van der Waals surface area contributed by atoms with Crippen LogP contribution in [-0.2, 0) is 10.3 Å². The van der Waals surface area contributed by atoms with Crippen LogP contribution in [0.5, 0.6) is 0 Å². The average Bonchev–Trinajstić information content (AvgIpc) is 3.03. The van der Waals surface area contributed by atoms with Gasteiger partial charge < -0.3 is 5.32 Å². The summed E-state index contributed by atoms with van der Waals surface area (Å²) in [7, 11) is 0. The zero-order chi connectivity index (χ0) is 20.8. The second-order valence-electron chi connectivity index (χ2n) is 7.15. The number of carbonyl (C=O) groups is 1. The lowest BCUT2D eigenvalue weighted by molar-refractivity contribution is -0.123. The number of carbonyl (C=O) groups excluding carboxylic acids is 1. The highest BCUT2D eigenvalue weighted by Gasteiger charge is 2.33. The number of fused-ring (bicyclic) bond motifs is 2. The molecule has 5 nitrogen and oxygen atoms in total. The second kappa shape index (κ2) is 7.28. The molecule has 3 aromatic carbocycles. The number of thiazole rings is 1. The number of hydrogen-bond donors (Lipinski definition) is 1. The Morgan fingerprint density at radius 1 is 1.14 bits per heavy atom. The van der Waals surface area contributed by atoms with Crippen molar-refractivity contribution in [2.24, 2.45) is 0 Å². The van der Waals surface area contributed by atoms with E-state index in [1.807, 2.05) is 42.5 Å². The number of nitrogens with zero attached hydrogens (tertiary/aromatic N) is 2. The van der Waals surface area contributed by atoms with Crippen LogP contribution in [0.1, 0.15) is 19.4 Å². The van der Waals surface area contributed by atoms with Gasteiger partial charge in [0.2, 0.25) is 5.91 Å². The summed E-state index contributed by atoms with van der Waals surface area (Å²) in [6, 6.07) is 18.8. The first-order valence-electron chi connectivity index (χ1n) is 8.88. The lowest BCUT2D eigenvalue weighted by Gasteiger charge is -2.26. The Kier molecular flexibility index (Phi) is 4.92. The minimum atomic E-state index is -1.10. The van der Waals surface area contributed by atoms with Gasteiger partial charge in [0, 0.05) is 20.0 Å².